The van der Waals surface area contributed by atoms with Crippen molar-refractivity contribution in [1.82, 2.24) is 9.80 Å². The Bertz CT molecular complexity index is 1220. The van der Waals surface area contributed by atoms with Gasteiger partial charge in [-0.25, -0.2) is 4.39 Å². The van der Waals surface area contributed by atoms with Gasteiger partial charge in [-0.1, -0.05) is 45.0 Å². The highest BCUT2D eigenvalue weighted by Gasteiger charge is 2.34. The summed E-state index contributed by atoms with van der Waals surface area (Å²) in [7, 11) is 0. The van der Waals surface area contributed by atoms with Crippen molar-refractivity contribution in [2.45, 2.75) is 58.5 Å². The molecule has 5 nitrogen and oxygen atoms in total. The first kappa shape index (κ1) is 26.9. The molecular formula is C30H35FN2O3S. The average molecular weight is 523 g/mol. The zero-order valence-corrected chi connectivity index (χ0v) is 22.8. The highest BCUT2D eigenvalue weighted by atomic mass is 32.1. The smallest absolute Gasteiger partial charge is 0.257 e. The Labute approximate surface area is 222 Å². The monoisotopic (exact) mass is 522 g/mol. The van der Waals surface area contributed by atoms with Crippen molar-refractivity contribution in [3.8, 4) is 5.75 Å². The molecule has 7 heteroatoms. The Kier molecular flexibility index (Phi) is 8.64. The molecule has 0 radical (unpaired) electrons. The first-order valence-electron chi connectivity index (χ1n) is 12.9. The summed E-state index contributed by atoms with van der Waals surface area (Å²) < 4.78 is 20.6. The van der Waals surface area contributed by atoms with E-state index in [2.05, 4.69) is 37.4 Å². The first-order chi connectivity index (χ1) is 17.8. The van der Waals surface area contributed by atoms with Crippen LogP contribution >= 0.6 is 11.3 Å². The summed E-state index contributed by atoms with van der Waals surface area (Å²) in [5, 5.41) is 2.05. The number of ether oxygens (including phenoxy) is 1. The van der Waals surface area contributed by atoms with Crippen LogP contribution < -0.4 is 4.74 Å². The molecule has 0 saturated carbocycles. The number of thiophene rings is 1. The number of carbonyl (C=O) groups excluding carboxylic acids is 2. The van der Waals surface area contributed by atoms with Gasteiger partial charge in [-0.3, -0.25) is 9.59 Å². The van der Waals surface area contributed by atoms with E-state index in [9.17, 15) is 14.0 Å². The van der Waals surface area contributed by atoms with Gasteiger partial charge in [-0.05, 0) is 72.5 Å². The number of hydrogen-bond acceptors (Lipinski definition) is 4. The second kappa shape index (κ2) is 11.9. The third-order valence-electron chi connectivity index (χ3n) is 7.16. The van der Waals surface area contributed by atoms with Gasteiger partial charge >= 0.3 is 0 Å². The van der Waals surface area contributed by atoms with Crippen molar-refractivity contribution in [1.29, 1.82) is 0 Å². The molecule has 196 valence electrons. The summed E-state index contributed by atoms with van der Waals surface area (Å²) in [6.45, 7) is 8.91. The van der Waals surface area contributed by atoms with E-state index in [0.29, 0.717) is 25.5 Å². The number of amides is 2. The molecule has 0 unspecified atom stereocenters. The first-order valence-corrected chi connectivity index (χ1v) is 13.8. The molecule has 0 saturated heterocycles. The largest absolute Gasteiger partial charge is 0.491 e. The van der Waals surface area contributed by atoms with Crippen LogP contribution in [0.1, 0.15) is 72.4 Å². The van der Waals surface area contributed by atoms with E-state index >= 15 is 0 Å². The van der Waals surface area contributed by atoms with Crippen molar-refractivity contribution in [2.24, 2.45) is 0 Å². The Morgan fingerprint density at radius 1 is 1.11 bits per heavy atom. The Hall–Kier alpha value is -3.19. The Morgan fingerprint density at radius 3 is 2.51 bits per heavy atom. The van der Waals surface area contributed by atoms with E-state index in [-0.39, 0.29) is 30.1 Å². The Balaban J connectivity index is 1.54. The second-order valence-electron chi connectivity index (χ2n) is 9.86. The van der Waals surface area contributed by atoms with Crippen LogP contribution in [0.3, 0.4) is 0 Å². The lowest BCUT2D eigenvalue weighted by Gasteiger charge is -2.38. The maximum atomic E-state index is 14.4. The SMILES string of the molecule is CC[C@H](C)N(CC(=O)N1CCc2sccc2[C@H]1COc1ccc(C(C)C)cc1)C(=O)c1ccccc1F. The topological polar surface area (TPSA) is 49.9 Å². The molecule has 2 aromatic carbocycles. The molecule has 0 bridgehead atoms. The van der Waals surface area contributed by atoms with Crippen molar-refractivity contribution >= 4 is 23.2 Å². The highest BCUT2D eigenvalue weighted by molar-refractivity contribution is 7.10. The molecule has 37 heavy (non-hydrogen) atoms. The number of halogens is 1. The van der Waals surface area contributed by atoms with Crippen LogP contribution in [-0.4, -0.2) is 47.4 Å². The predicted molar refractivity (Wildman–Crippen MR) is 146 cm³/mol. The molecule has 2 amide bonds. The summed E-state index contributed by atoms with van der Waals surface area (Å²) in [5.74, 6) is -0.00825. The third-order valence-corrected chi connectivity index (χ3v) is 8.16. The van der Waals surface area contributed by atoms with Crippen LogP contribution in [0.4, 0.5) is 4.39 Å². The van der Waals surface area contributed by atoms with E-state index in [4.69, 9.17) is 4.74 Å². The van der Waals surface area contributed by atoms with Gasteiger partial charge < -0.3 is 14.5 Å². The van der Waals surface area contributed by atoms with Gasteiger partial charge in [-0.15, -0.1) is 11.3 Å². The van der Waals surface area contributed by atoms with Gasteiger partial charge in [0.25, 0.3) is 5.91 Å². The third kappa shape index (κ3) is 6.04. The van der Waals surface area contributed by atoms with Crippen LogP contribution in [0.15, 0.2) is 60.0 Å². The highest BCUT2D eigenvalue weighted by Crippen LogP contribution is 2.34. The van der Waals surface area contributed by atoms with E-state index in [1.54, 1.807) is 23.5 Å². The van der Waals surface area contributed by atoms with Crippen molar-refractivity contribution in [3.63, 3.8) is 0 Å². The van der Waals surface area contributed by atoms with Gasteiger partial charge in [0.2, 0.25) is 5.91 Å². The standard InChI is InChI=1S/C30H35FN2O3S/c1-5-21(4)33(30(35)24-8-6-7-9-26(24)31)18-29(34)32-16-14-28-25(15-17-37-28)27(32)19-36-23-12-10-22(11-13-23)20(2)3/h6-13,15,17,20-21,27H,5,14,16,18-19H2,1-4H3/t21-,27+/m0/s1. The van der Waals surface area contributed by atoms with Gasteiger partial charge in [-0.2, -0.15) is 0 Å². The Morgan fingerprint density at radius 2 is 1.84 bits per heavy atom. The number of fused-ring (bicyclic) bond motifs is 1. The van der Waals surface area contributed by atoms with Crippen LogP contribution in [0.25, 0.3) is 0 Å². The maximum absolute atomic E-state index is 14.4. The minimum Gasteiger partial charge on any atom is -0.491 e. The van der Waals surface area contributed by atoms with E-state index in [1.165, 1.54) is 27.5 Å². The van der Waals surface area contributed by atoms with E-state index in [1.807, 2.05) is 30.9 Å². The zero-order valence-electron chi connectivity index (χ0n) is 21.9. The lowest BCUT2D eigenvalue weighted by molar-refractivity contribution is -0.136. The van der Waals surface area contributed by atoms with Crippen LogP contribution in [-0.2, 0) is 11.2 Å². The fourth-order valence-electron chi connectivity index (χ4n) is 4.67. The molecule has 0 aliphatic carbocycles. The van der Waals surface area contributed by atoms with Crippen LogP contribution in [0, 0.1) is 5.82 Å². The number of nitrogens with zero attached hydrogens (tertiary/aromatic N) is 2. The molecule has 4 rings (SSSR count). The summed E-state index contributed by atoms with van der Waals surface area (Å²) in [6.07, 6.45) is 1.42. The number of carbonyl (C=O) groups is 2. The summed E-state index contributed by atoms with van der Waals surface area (Å²) in [6, 6.07) is 15.6. The van der Waals surface area contributed by atoms with Crippen LogP contribution in [0.2, 0.25) is 0 Å². The molecule has 0 N–H and O–H groups in total. The van der Waals surface area contributed by atoms with Crippen molar-refractivity contribution in [3.05, 3.63) is 87.4 Å². The van der Waals surface area contributed by atoms with E-state index < -0.39 is 11.7 Å². The number of benzene rings is 2. The van der Waals surface area contributed by atoms with Crippen LogP contribution in [0.5, 0.6) is 5.75 Å². The van der Waals surface area contributed by atoms with Gasteiger partial charge in [0.1, 0.15) is 24.7 Å². The predicted octanol–water partition coefficient (Wildman–Crippen LogP) is 6.46. The molecule has 2 heterocycles. The zero-order chi connectivity index (χ0) is 26.5. The van der Waals surface area contributed by atoms with E-state index in [0.717, 1.165) is 17.7 Å². The maximum Gasteiger partial charge on any atom is 0.257 e. The lowest BCUT2D eigenvalue weighted by atomic mass is 10.00. The lowest BCUT2D eigenvalue weighted by Crippen LogP contribution is -2.50. The molecular weight excluding hydrogens is 487 g/mol. The summed E-state index contributed by atoms with van der Waals surface area (Å²) in [4.78, 5) is 31.6. The fourth-order valence-corrected chi connectivity index (χ4v) is 5.60. The normalized spacial score (nSPS) is 15.8. The summed E-state index contributed by atoms with van der Waals surface area (Å²) >= 11 is 1.70. The molecule has 0 fully saturated rings. The van der Waals surface area contributed by atoms with Gasteiger partial charge in [0.15, 0.2) is 0 Å². The average Bonchev–Trinajstić information content (AvgIpc) is 3.39. The van der Waals surface area contributed by atoms with Crippen molar-refractivity contribution < 1.29 is 18.7 Å². The minimum absolute atomic E-state index is 0.0147. The molecule has 1 aliphatic heterocycles. The molecule has 2 atom stereocenters. The number of rotatable bonds is 9. The fraction of sp³-hybridized carbons (Fsp3) is 0.400. The number of hydrogen-bond donors (Lipinski definition) is 0. The minimum atomic E-state index is -0.580. The quantitative estimate of drug-likeness (QED) is 0.324. The molecule has 3 aromatic rings. The summed E-state index contributed by atoms with van der Waals surface area (Å²) in [5.41, 5.74) is 2.32. The van der Waals surface area contributed by atoms with Gasteiger partial charge in [0.05, 0.1) is 11.6 Å². The molecule has 0 spiro atoms. The molecule has 1 aliphatic rings. The van der Waals surface area contributed by atoms with Gasteiger partial charge in [0, 0.05) is 17.5 Å². The van der Waals surface area contributed by atoms with Crippen molar-refractivity contribution in [2.75, 3.05) is 19.7 Å². The molecule has 1 aromatic heterocycles. The second-order valence-corrected chi connectivity index (χ2v) is 10.9.